The van der Waals surface area contributed by atoms with E-state index in [2.05, 4.69) is 32.8 Å². The fourth-order valence-corrected chi connectivity index (χ4v) is 1.72. The van der Waals surface area contributed by atoms with Crippen LogP contribution in [0.2, 0.25) is 0 Å². The maximum absolute atomic E-state index is 5.95. The molecule has 1 heterocycles. The van der Waals surface area contributed by atoms with Crippen LogP contribution < -0.4 is 5.73 Å². The van der Waals surface area contributed by atoms with Gasteiger partial charge in [0, 0.05) is 12.6 Å². The Kier molecular flexibility index (Phi) is 3.42. The first kappa shape index (κ1) is 12.1. The van der Waals surface area contributed by atoms with Gasteiger partial charge in [0.1, 0.15) is 5.82 Å². The normalized spacial score (nSPS) is 12.1. The van der Waals surface area contributed by atoms with Gasteiger partial charge in [-0.15, -0.1) is 0 Å². The van der Waals surface area contributed by atoms with E-state index >= 15 is 0 Å². The number of nitrogen functional groups attached to an aromatic ring is 1. The third-order valence-electron chi connectivity index (χ3n) is 2.74. The van der Waals surface area contributed by atoms with E-state index in [1.54, 1.807) is 4.68 Å². The topological polar surface area (TPSA) is 43.8 Å². The van der Waals surface area contributed by atoms with Crippen LogP contribution in [-0.4, -0.2) is 9.78 Å². The van der Waals surface area contributed by atoms with Crippen molar-refractivity contribution in [3.63, 3.8) is 0 Å². The minimum absolute atomic E-state index is 0.358. The third kappa shape index (κ3) is 2.98. The van der Waals surface area contributed by atoms with Gasteiger partial charge in [-0.25, -0.2) is 0 Å². The van der Waals surface area contributed by atoms with Crippen LogP contribution in [0.5, 0.6) is 0 Å². The van der Waals surface area contributed by atoms with Gasteiger partial charge in [0.15, 0.2) is 0 Å². The molecule has 0 radical (unpaired) electrons. The second-order valence-electron chi connectivity index (χ2n) is 5.35. The molecule has 0 fully saturated rings. The van der Waals surface area contributed by atoms with Crippen LogP contribution in [0.4, 0.5) is 5.82 Å². The molecule has 3 nitrogen and oxygen atoms in total. The smallest absolute Gasteiger partial charge is 0.124 e. The molecule has 0 saturated heterocycles. The lowest BCUT2D eigenvalue weighted by Gasteiger charge is -2.17. The second kappa shape index (κ2) is 4.25. The molecule has 1 aromatic rings. The molecule has 0 spiro atoms. The van der Waals surface area contributed by atoms with Crippen molar-refractivity contribution in [1.82, 2.24) is 9.78 Å². The Balaban J connectivity index is 2.81. The summed E-state index contributed by atoms with van der Waals surface area (Å²) in [6.07, 6.45) is 3.15. The number of aromatic nitrogens is 2. The summed E-state index contributed by atoms with van der Waals surface area (Å²) < 4.78 is 1.79. The van der Waals surface area contributed by atoms with Crippen LogP contribution in [0.15, 0.2) is 0 Å². The summed E-state index contributed by atoms with van der Waals surface area (Å²) in [7, 11) is 1.91. The largest absolute Gasteiger partial charge is 0.384 e. The number of anilines is 1. The molecule has 1 rings (SSSR count). The molecule has 0 amide bonds. The van der Waals surface area contributed by atoms with E-state index in [1.807, 2.05) is 7.05 Å². The highest BCUT2D eigenvalue weighted by molar-refractivity contribution is 5.43. The standard InChI is InChI=1S/C12H23N3/c1-6-9-10(7-8-12(2,3)4)14-15(5)11(9)13/h6-8,13H2,1-5H3. The van der Waals surface area contributed by atoms with E-state index in [9.17, 15) is 0 Å². The Bertz CT molecular complexity index is 331. The fourth-order valence-electron chi connectivity index (χ4n) is 1.72. The van der Waals surface area contributed by atoms with Gasteiger partial charge in [-0.1, -0.05) is 27.7 Å². The van der Waals surface area contributed by atoms with Crippen molar-refractivity contribution in [3.05, 3.63) is 11.3 Å². The monoisotopic (exact) mass is 209 g/mol. The quantitative estimate of drug-likeness (QED) is 0.831. The number of aryl methyl sites for hydroxylation is 2. The van der Waals surface area contributed by atoms with Crippen molar-refractivity contribution >= 4 is 5.82 Å². The maximum atomic E-state index is 5.95. The SMILES string of the molecule is CCc1c(CCC(C)(C)C)nn(C)c1N. The van der Waals surface area contributed by atoms with Crippen LogP contribution in [0, 0.1) is 5.41 Å². The highest BCUT2D eigenvalue weighted by atomic mass is 15.3. The van der Waals surface area contributed by atoms with Gasteiger partial charge >= 0.3 is 0 Å². The van der Waals surface area contributed by atoms with Crippen LogP contribution in [0.25, 0.3) is 0 Å². The van der Waals surface area contributed by atoms with Gasteiger partial charge in [-0.05, 0) is 24.7 Å². The minimum atomic E-state index is 0.358. The molecule has 0 aliphatic heterocycles. The van der Waals surface area contributed by atoms with Crippen molar-refractivity contribution in [3.8, 4) is 0 Å². The summed E-state index contributed by atoms with van der Waals surface area (Å²) in [6.45, 7) is 8.90. The zero-order valence-corrected chi connectivity index (χ0v) is 10.6. The average Bonchev–Trinajstić information content (AvgIpc) is 2.38. The first-order valence-electron chi connectivity index (χ1n) is 5.65. The summed E-state index contributed by atoms with van der Waals surface area (Å²) in [4.78, 5) is 0. The summed E-state index contributed by atoms with van der Waals surface area (Å²) in [5.41, 5.74) is 8.71. The Morgan fingerprint density at radius 1 is 1.33 bits per heavy atom. The lowest BCUT2D eigenvalue weighted by Crippen LogP contribution is -2.07. The predicted molar refractivity (Wildman–Crippen MR) is 64.8 cm³/mol. The van der Waals surface area contributed by atoms with E-state index in [0.29, 0.717) is 5.41 Å². The van der Waals surface area contributed by atoms with Crippen LogP contribution in [-0.2, 0) is 19.9 Å². The van der Waals surface area contributed by atoms with Gasteiger partial charge in [0.05, 0.1) is 5.69 Å². The molecule has 0 aliphatic rings. The van der Waals surface area contributed by atoms with E-state index < -0.39 is 0 Å². The highest BCUT2D eigenvalue weighted by Crippen LogP contribution is 2.24. The molecule has 0 bridgehead atoms. The Morgan fingerprint density at radius 3 is 2.40 bits per heavy atom. The zero-order chi connectivity index (χ0) is 11.6. The first-order chi connectivity index (χ1) is 6.85. The van der Waals surface area contributed by atoms with Crippen LogP contribution >= 0.6 is 0 Å². The van der Waals surface area contributed by atoms with Crippen molar-refractivity contribution < 1.29 is 0 Å². The summed E-state index contributed by atoms with van der Waals surface area (Å²) in [6, 6.07) is 0. The molecule has 0 atom stereocenters. The number of nitrogens with two attached hydrogens (primary N) is 1. The Morgan fingerprint density at radius 2 is 1.93 bits per heavy atom. The first-order valence-corrected chi connectivity index (χ1v) is 5.65. The number of nitrogens with zero attached hydrogens (tertiary/aromatic N) is 2. The molecule has 86 valence electrons. The second-order valence-corrected chi connectivity index (χ2v) is 5.35. The van der Waals surface area contributed by atoms with Crippen molar-refractivity contribution in [2.24, 2.45) is 12.5 Å². The molecular weight excluding hydrogens is 186 g/mol. The lowest BCUT2D eigenvalue weighted by molar-refractivity contribution is 0.375. The van der Waals surface area contributed by atoms with Gasteiger partial charge in [-0.3, -0.25) is 4.68 Å². The number of hydrogen-bond acceptors (Lipinski definition) is 2. The Labute approximate surface area is 92.7 Å². The molecular formula is C12H23N3. The van der Waals surface area contributed by atoms with Crippen LogP contribution in [0.3, 0.4) is 0 Å². The highest BCUT2D eigenvalue weighted by Gasteiger charge is 2.15. The Hall–Kier alpha value is -0.990. The summed E-state index contributed by atoms with van der Waals surface area (Å²) in [5, 5.41) is 4.48. The molecule has 15 heavy (non-hydrogen) atoms. The fraction of sp³-hybridized carbons (Fsp3) is 0.750. The molecule has 1 aromatic heterocycles. The van der Waals surface area contributed by atoms with Gasteiger partial charge in [-0.2, -0.15) is 5.10 Å². The predicted octanol–water partition coefficient (Wildman–Crippen LogP) is 2.54. The summed E-state index contributed by atoms with van der Waals surface area (Å²) >= 11 is 0. The maximum Gasteiger partial charge on any atom is 0.124 e. The molecule has 0 aliphatic carbocycles. The lowest BCUT2D eigenvalue weighted by atomic mass is 9.89. The van der Waals surface area contributed by atoms with Gasteiger partial charge < -0.3 is 5.73 Å². The van der Waals surface area contributed by atoms with Crippen molar-refractivity contribution in [2.75, 3.05) is 5.73 Å². The average molecular weight is 209 g/mol. The van der Waals surface area contributed by atoms with E-state index in [1.165, 1.54) is 11.3 Å². The molecule has 3 heteroatoms. The van der Waals surface area contributed by atoms with Gasteiger partial charge in [0.2, 0.25) is 0 Å². The van der Waals surface area contributed by atoms with E-state index in [0.717, 1.165) is 25.1 Å². The minimum Gasteiger partial charge on any atom is -0.384 e. The zero-order valence-electron chi connectivity index (χ0n) is 10.6. The molecule has 2 N–H and O–H groups in total. The van der Waals surface area contributed by atoms with Crippen molar-refractivity contribution in [2.45, 2.75) is 47.0 Å². The molecule has 0 unspecified atom stereocenters. The number of hydrogen-bond donors (Lipinski definition) is 1. The van der Waals surface area contributed by atoms with E-state index in [4.69, 9.17) is 5.73 Å². The van der Waals surface area contributed by atoms with Gasteiger partial charge in [0.25, 0.3) is 0 Å². The van der Waals surface area contributed by atoms with Crippen LogP contribution in [0.1, 0.15) is 45.4 Å². The number of rotatable bonds is 3. The van der Waals surface area contributed by atoms with E-state index in [-0.39, 0.29) is 0 Å². The summed E-state index contributed by atoms with van der Waals surface area (Å²) in [5.74, 6) is 0.821. The third-order valence-corrected chi connectivity index (χ3v) is 2.74. The van der Waals surface area contributed by atoms with Crippen molar-refractivity contribution in [1.29, 1.82) is 0 Å². The molecule has 0 saturated carbocycles. The molecule has 0 aromatic carbocycles.